The van der Waals surface area contributed by atoms with Gasteiger partial charge in [0.15, 0.2) is 6.10 Å². The number of unbranched alkanes of at least 4 members (excludes halogenated alkanes) is 1. The van der Waals surface area contributed by atoms with Crippen LogP contribution >= 0.6 is 22.9 Å². The molecule has 1 aliphatic rings. The van der Waals surface area contributed by atoms with Gasteiger partial charge in [0.1, 0.15) is 16.6 Å². The summed E-state index contributed by atoms with van der Waals surface area (Å²) in [6.45, 7) is 0. The summed E-state index contributed by atoms with van der Waals surface area (Å²) < 4.78 is 16.0. The Kier molecular flexibility index (Phi) is 7.03. The minimum absolute atomic E-state index is 0.0290. The Morgan fingerprint density at radius 2 is 1.90 bits per heavy atom. The van der Waals surface area contributed by atoms with Gasteiger partial charge in [0.05, 0.1) is 32.5 Å². The van der Waals surface area contributed by atoms with E-state index in [2.05, 4.69) is 10.1 Å². The Morgan fingerprint density at radius 3 is 2.70 bits per heavy atom. The molecule has 0 spiro atoms. The number of aliphatic carboxylic acids is 1. The molecule has 0 radical (unpaired) electrons. The van der Waals surface area contributed by atoms with Gasteiger partial charge in [-0.1, -0.05) is 22.8 Å². The number of aryl methyl sites for hydroxylation is 1. The number of nitrogens with zero attached hydrogens (tertiary/aromatic N) is 4. The fourth-order valence-corrected chi connectivity index (χ4v) is 6.00. The number of oxime groups is 1. The van der Waals surface area contributed by atoms with E-state index >= 15 is 0 Å². The molecule has 202 valence electrons. The molecule has 11 heteroatoms. The van der Waals surface area contributed by atoms with Crippen molar-refractivity contribution in [2.45, 2.75) is 38.2 Å². The number of fused-ring (bicyclic) bond motifs is 2. The number of benzene rings is 3. The van der Waals surface area contributed by atoms with E-state index in [1.807, 2.05) is 24.3 Å². The van der Waals surface area contributed by atoms with Gasteiger partial charge in [-0.2, -0.15) is 0 Å². The van der Waals surface area contributed by atoms with Crippen molar-refractivity contribution in [2.24, 2.45) is 5.16 Å². The lowest BCUT2D eigenvalue weighted by molar-refractivity contribution is -0.137. The first-order valence-corrected chi connectivity index (χ1v) is 13.9. The molecule has 0 unspecified atom stereocenters. The number of halogens is 2. The lowest BCUT2D eigenvalue weighted by Gasteiger charge is -2.14. The Hall–Kier alpha value is -4.15. The zero-order valence-corrected chi connectivity index (χ0v) is 22.6. The Labute approximate surface area is 236 Å². The van der Waals surface area contributed by atoms with Gasteiger partial charge in [0.25, 0.3) is 5.56 Å². The first-order chi connectivity index (χ1) is 19.4. The molecule has 8 nitrogen and oxygen atoms in total. The van der Waals surface area contributed by atoms with Crippen molar-refractivity contribution < 1.29 is 19.1 Å². The molecular formula is C29H22ClFN4O4S. The monoisotopic (exact) mass is 576 g/mol. The van der Waals surface area contributed by atoms with E-state index in [1.165, 1.54) is 40.2 Å². The molecule has 3 aromatic carbocycles. The lowest BCUT2D eigenvalue weighted by Crippen LogP contribution is -2.24. The molecule has 0 saturated heterocycles. The second-order valence-electron chi connectivity index (χ2n) is 9.48. The van der Waals surface area contributed by atoms with E-state index in [0.29, 0.717) is 53.1 Å². The predicted molar refractivity (Wildman–Crippen MR) is 152 cm³/mol. The summed E-state index contributed by atoms with van der Waals surface area (Å²) in [6.07, 6.45) is 1.56. The van der Waals surface area contributed by atoms with Crippen LogP contribution in [0.5, 0.6) is 0 Å². The van der Waals surface area contributed by atoms with E-state index in [1.54, 1.807) is 12.1 Å². The quantitative estimate of drug-likeness (QED) is 0.213. The minimum atomic E-state index is -0.875. The summed E-state index contributed by atoms with van der Waals surface area (Å²) in [7, 11) is 0. The number of carboxylic acids is 1. The average molecular weight is 577 g/mol. The van der Waals surface area contributed by atoms with E-state index in [4.69, 9.17) is 26.5 Å². The van der Waals surface area contributed by atoms with Gasteiger partial charge in [-0.3, -0.25) is 14.2 Å². The number of carbonyl (C=O) groups is 1. The standard InChI is InChI=1S/C29H22ClFN4O4S/c30-17-6-12-21-25(14-17)40-28(33-21)24-15-22(34-39-24)16-5-11-20-23(13-16)32-26(3-1-2-4-27(36)37)35(29(20)38)19-9-7-18(31)8-10-19/h5-14,24H,1-4,15H2,(H,36,37)/t24-/m1/s1. The number of hydrogen-bond donors (Lipinski definition) is 1. The largest absolute Gasteiger partial charge is 0.481 e. The molecule has 1 atom stereocenters. The highest BCUT2D eigenvalue weighted by Crippen LogP contribution is 2.35. The van der Waals surface area contributed by atoms with Crippen molar-refractivity contribution in [3.63, 3.8) is 0 Å². The van der Waals surface area contributed by atoms with Crippen LogP contribution in [-0.2, 0) is 16.1 Å². The summed E-state index contributed by atoms with van der Waals surface area (Å²) >= 11 is 7.63. The van der Waals surface area contributed by atoms with Crippen molar-refractivity contribution in [3.8, 4) is 5.69 Å². The molecule has 6 rings (SSSR count). The molecule has 0 amide bonds. The van der Waals surface area contributed by atoms with Crippen LogP contribution in [0.15, 0.2) is 70.6 Å². The van der Waals surface area contributed by atoms with Crippen LogP contribution in [-0.4, -0.2) is 31.3 Å². The van der Waals surface area contributed by atoms with Gasteiger partial charge >= 0.3 is 5.97 Å². The van der Waals surface area contributed by atoms with Crippen LogP contribution in [0, 0.1) is 5.82 Å². The molecule has 40 heavy (non-hydrogen) atoms. The molecule has 0 aliphatic carbocycles. The maximum absolute atomic E-state index is 13.6. The maximum Gasteiger partial charge on any atom is 0.303 e. The molecule has 5 aromatic rings. The number of rotatable bonds is 8. The van der Waals surface area contributed by atoms with Crippen molar-refractivity contribution in [2.75, 3.05) is 0 Å². The predicted octanol–water partition coefficient (Wildman–Crippen LogP) is 6.45. The van der Waals surface area contributed by atoms with Crippen LogP contribution in [0.3, 0.4) is 0 Å². The molecule has 2 aromatic heterocycles. The number of thiazole rings is 1. The Bertz CT molecular complexity index is 1850. The molecule has 0 bridgehead atoms. The fraction of sp³-hybridized carbons (Fsp3) is 0.207. The van der Waals surface area contributed by atoms with Crippen LogP contribution in [0.4, 0.5) is 4.39 Å². The zero-order chi connectivity index (χ0) is 27.8. The third kappa shape index (κ3) is 5.20. The van der Waals surface area contributed by atoms with Gasteiger partial charge in [0, 0.05) is 29.8 Å². The maximum atomic E-state index is 13.6. The van der Waals surface area contributed by atoms with Gasteiger partial charge in [0.2, 0.25) is 0 Å². The molecule has 0 saturated carbocycles. The molecular weight excluding hydrogens is 555 g/mol. The van der Waals surface area contributed by atoms with Crippen LogP contribution in [0.25, 0.3) is 26.8 Å². The highest BCUT2D eigenvalue weighted by Gasteiger charge is 2.27. The zero-order valence-electron chi connectivity index (χ0n) is 21.0. The summed E-state index contributed by atoms with van der Waals surface area (Å²) in [6, 6.07) is 16.5. The molecule has 3 heterocycles. The third-order valence-corrected chi connectivity index (χ3v) is 8.05. The average Bonchev–Trinajstić information content (AvgIpc) is 3.59. The Balaban J connectivity index is 1.32. The minimum Gasteiger partial charge on any atom is -0.481 e. The number of carboxylic acid groups (broad SMARTS) is 1. The third-order valence-electron chi connectivity index (χ3n) is 6.71. The highest BCUT2D eigenvalue weighted by molar-refractivity contribution is 7.18. The molecule has 0 fully saturated rings. The SMILES string of the molecule is O=C(O)CCCCc1nc2cc(C3=NO[C@@H](c4nc5ccc(Cl)cc5s4)C3)ccc2c(=O)n1-c1ccc(F)cc1. The summed E-state index contributed by atoms with van der Waals surface area (Å²) in [4.78, 5) is 39.8. The van der Waals surface area contributed by atoms with Crippen molar-refractivity contribution in [1.82, 2.24) is 14.5 Å². The summed E-state index contributed by atoms with van der Waals surface area (Å²) in [5.41, 5.74) is 3.05. The van der Waals surface area contributed by atoms with Crippen molar-refractivity contribution in [3.05, 3.63) is 98.3 Å². The second-order valence-corrected chi connectivity index (χ2v) is 11.0. The molecule has 1 N–H and O–H groups in total. The normalized spacial score (nSPS) is 14.9. The fourth-order valence-electron chi connectivity index (χ4n) is 4.73. The lowest BCUT2D eigenvalue weighted by atomic mass is 10.0. The van der Waals surface area contributed by atoms with Crippen molar-refractivity contribution in [1.29, 1.82) is 0 Å². The van der Waals surface area contributed by atoms with Crippen molar-refractivity contribution >= 4 is 55.7 Å². The van der Waals surface area contributed by atoms with Crippen LogP contribution < -0.4 is 5.56 Å². The number of aromatic nitrogens is 3. The van der Waals surface area contributed by atoms with Gasteiger partial charge < -0.3 is 9.94 Å². The topological polar surface area (TPSA) is 107 Å². The second kappa shape index (κ2) is 10.8. The van der Waals surface area contributed by atoms with E-state index in [9.17, 15) is 14.0 Å². The first kappa shape index (κ1) is 26.1. The van der Waals surface area contributed by atoms with Gasteiger partial charge in [-0.15, -0.1) is 11.3 Å². The number of hydrogen-bond acceptors (Lipinski definition) is 7. The van der Waals surface area contributed by atoms with Gasteiger partial charge in [-0.25, -0.2) is 14.4 Å². The van der Waals surface area contributed by atoms with Gasteiger partial charge in [-0.05, 0) is 67.4 Å². The smallest absolute Gasteiger partial charge is 0.303 e. The van der Waals surface area contributed by atoms with E-state index in [0.717, 1.165) is 26.5 Å². The summed E-state index contributed by atoms with van der Waals surface area (Å²) in [5, 5.41) is 15.2. The Morgan fingerprint density at radius 1 is 1.07 bits per heavy atom. The highest BCUT2D eigenvalue weighted by atomic mass is 35.5. The van der Waals surface area contributed by atoms with Crippen LogP contribution in [0.1, 0.15) is 48.2 Å². The van der Waals surface area contributed by atoms with E-state index in [-0.39, 0.29) is 18.1 Å². The van der Waals surface area contributed by atoms with E-state index < -0.39 is 11.8 Å². The molecule has 1 aliphatic heterocycles. The van der Waals surface area contributed by atoms with Crippen LogP contribution in [0.2, 0.25) is 5.02 Å². The first-order valence-electron chi connectivity index (χ1n) is 12.7. The summed E-state index contributed by atoms with van der Waals surface area (Å²) in [5.74, 6) is -0.812.